The van der Waals surface area contributed by atoms with Gasteiger partial charge in [-0.25, -0.2) is 0 Å². The molecule has 1 heterocycles. The van der Waals surface area contributed by atoms with Gasteiger partial charge in [-0.15, -0.1) is 10.2 Å². The second-order valence-corrected chi connectivity index (χ2v) is 8.48. The molecular weight excluding hydrogens is 408 g/mol. The molecule has 0 aliphatic heterocycles. The van der Waals surface area contributed by atoms with E-state index in [2.05, 4.69) is 41.1 Å². The number of aromatic nitrogens is 2. The maximum atomic E-state index is 12.9. The van der Waals surface area contributed by atoms with Crippen molar-refractivity contribution in [3.05, 3.63) is 60.2 Å². The van der Waals surface area contributed by atoms with Crippen LogP contribution in [0.1, 0.15) is 33.3 Å². The molecule has 0 radical (unpaired) electrons. The Hall–Kier alpha value is -2.80. The van der Waals surface area contributed by atoms with Crippen LogP contribution in [0.4, 0.5) is 5.69 Å². The van der Waals surface area contributed by atoms with E-state index < -0.39 is 0 Å². The van der Waals surface area contributed by atoms with Gasteiger partial charge < -0.3 is 14.2 Å². The molecule has 7 heteroatoms. The number of hydrogen-bond donors (Lipinski definition) is 0. The summed E-state index contributed by atoms with van der Waals surface area (Å²) in [4.78, 5) is 17.1. The highest BCUT2D eigenvalue weighted by atomic mass is 32.2. The summed E-state index contributed by atoms with van der Waals surface area (Å²) in [6, 6.07) is 18.1. The summed E-state index contributed by atoms with van der Waals surface area (Å²) in [7, 11) is 0. The van der Waals surface area contributed by atoms with Gasteiger partial charge in [0, 0.05) is 37.4 Å². The minimum absolute atomic E-state index is 0.0553. The highest BCUT2D eigenvalue weighted by Crippen LogP contribution is 2.28. The van der Waals surface area contributed by atoms with Crippen molar-refractivity contribution >= 4 is 23.4 Å². The lowest BCUT2D eigenvalue weighted by Crippen LogP contribution is -2.35. The molecule has 1 aromatic heterocycles. The van der Waals surface area contributed by atoms with E-state index in [1.54, 1.807) is 0 Å². The van der Waals surface area contributed by atoms with Crippen LogP contribution >= 0.6 is 11.8 Å². The molecule has 0 aliphatic rings. The van der Waals surface area contributed by atoms with E-state index in [0.717, 1.165) is 24.2 Å². The zero-order chi connectivity index (χ0) is 22.2. The molecule has 164 valence electrons. The fourth-order valence-corrected chi connectivity index (χ4v) is 4.15. The van der Waals surface area contributed by atoms with E-state index in [1.165, 1.54) is 17.4 Å². The first-order chi connectivity index (χ1) is 15.0. The van der Waals surface area contributed by atoms with Crippen LogP contribution in [0.3, 0.4) is 0 Å². The Kier molecular flexibility index (Phi) is 8.12. The van der Waals surface area contributed by atoms with E-state index in [1.807, 2.05) is 61.2 Å². The highest BCUT2D eigenvalue weighted by molar-refractivity contribution is 8.00. The predicted octanol–water partition coefficient (Wildman–Crippen LogP) is 5.11. The molecule has 0 N–H and O–H groups in total. The molecule has 0 aliphatic carbocycles. The van der Waals surface area contributed by atoms with Crippen LogP contribution in [0.15, 0.2) is 64.2 Å². The van der Waals surface area contributed by atoms with Gasteiger partial charge in [0.1, 0.15) is 0 Å². The summed E-state index contributed by atoms with van der Waals surface area (Å²) in [6.45, 7) is 11.3. The van der Waals surface area contributed by atoms with Gasteiger partial charge in [0.15, 0.2) is 0 Å². The third kappa shape index (κ3) is 5.88. The lowest BCUT2D eigenvalue weighted by Gasteiger charge is -2.23. The van der Waals surface area contributed by atoms with Crippen LogP contribution < -0.4 is 4.90 Å². The average Bonchev–Trinajstić information content (AvgIpc) is 3.27. The highest BCUT2D eigenvalue weighted by Gasteiger charge is 2.23. The standard InChI is InChI=1S/C24H30N4O2S/c1-5-27(6-2)21-15-13-20(14-16-21)22-25-26-24(30-22)31-18(4)23(29)28(7-3)17-19-11-9-8-10-12-19/h8-16,18H,5-7,17H2,1-4H3. The first-order valence-corrected chi connectivity index (χ1v) is 11.6. The average molecular weight is 439 g/mol. The number of hydrogen-bond acceptors (Lipinski definition) is 6. The predicted molar refractivity (Wildman–Crippen MR) is 126 cm³/mol. The van der Waals surface area contributed by atoms with Gasteiger partial charge in [0.2, 0.25) is 11.8 Å². The summed E-state index contributed by atoms with van der Waals surface area (Å²) in [6.07, 6.45) is 0. The van der Waals surface area contributed by atoms with Crippen LogP contribution in [0, 0.1) is 0 Å². The quantitative estimate of drug-likeness (QED) is 0.410. The molecule has 31 heavy (non-hydrogen) atoms. The van der Waals surface area contributed by atoms with Crippen LogP contribution in [0.5, 0.6) is 0 Å². The van der Waals surface area contributed by atoms with Crippen molar-refractivity contribution in [2.24, 2.45) is 0 Å². The second-order valence-electron chi connectivity index (χ2n) is 7.19. The van der Waals surface area contributed by atoms with Gasteiger partial charge >= 0.3 is 0 Å². The van der Waals surface area contributed by atoms with Crippen LogP contribution in [-0.2, 0) is 11.3 Å². The Morgan fingerprint density at radius 2 is 1.65 bits per heavy atom. The van der Waals surface area contributed by atoms with Crippen LogP contribution in [0.2, 0.25) is 0 Å². The molecule has 0 bridgehead atoms. The summed E-state index contributed by atoms with van der Waals surface area (Å²) in [5.74, 6) is 0.518. The molecule has 6 nitrogen and oxygen atoms in total. The summed E-state index contributed by atoms with van der Waals surface area (Å²) in [5.41, 5.74) is 3.15. The number of benzene rings is 2. The van der Waals surface area contributed by atoms with Crippen molar-refractivity contribution in [2.75, 3.05) is 24.5 Å². The van der Waals surface area contributed by atoms with E-state index in [0.29, 0.717) is 24.2 Å². The van der Waals surface area contributed by atoms with Crippen molar-refractivity contribution in [3.8, 4) is 11.5 Å². The van der Waals surface area contributed by atoms with Crippen molar-refractivity contribution in [1.82, 2.24) is 15.1 Å². The number of carbonyl (C=O) groups excluding carboxylic acids is 1. The Morgan fingerprint density at radius 1 is 0.968 bits per heavy atom. The first kappa shape index (κ1) is 22.9. The van der Waals surface area contributed by atoms with Crippen LogP contribution in [-0.4, -0.2) is 45.9 Å². The first-order valence-electron chi connectivity index (χ1n) is 10.7. The lowest BCUT2D eigenvalue weighted by molar-refractivity contribution is -0.130. The molecule has 0 saturated carbocycles. The lowest BCUT2D eigenvalue weighted by atomic mass is 10.2. The molecule has 2 aromatic carbocycles. The Bertz CT molecular complexity index is 955. The topological polar surface area (TPSA) is 62.5 Å². The van der Waals surface area contributed by atoms with Gasteiger partial charge in [0.25, 0.3) is 5.22 Å². The normalized spacial score (nSPS) is 11.9. The number of nitrogens with zero attached hydrogens (tertiary/aromatic N) is 4. The van der Waals surface area contributed by atoms with E-state index in [4.69, 9.17) is 4.42 Å². The number of carbonyl (C=O) groups is 1. The van der Waals surface area contributed by atoms with Crippen molar-refractivity contribution < 1.29 is 9.21 Å². The molecule has 0 fully saturated rings. The summed E-state index contributed by atoms with van der Waals surface area (Å²) < 4.78 is 5.83. The zero-order valence-electron chi connectivity index (χ0n) is 18.6. The van der Waals surface area contributed by atoms with Gasteiger partial charge in [-0.05, 0) is 57.5 Å². The number of anilines is 1. The molecule has 1 atom stereocenters. The fraction of sp³-hybridized carbons (Fsp3) is 0.375. The molecule has 1 amide bonds. The minimum atomic E-state index is -0.318. The minimum Gasteiger partial charge on any atom is -0.411 e. The smallest absolute Gasteiger partial charge is 0.277 e. The molecule has 0 spiro atoms. The largest absolute Gasteiger partial charge is 0.411 e. The number of thioether (sulfide) groups is 1. The number of rotatable bonds is 10. The third-order valence-corrected chi connectivity index (χ3v) is 6.11. The zero-order valence-corrected chi connectivity index (χ0v) is 19.4. The molecule has 3 aromatic rings. The monoisotopic (exact) mass is 438 g/mol. The molecule has 3 rings (SSSR count). The molecule has 1 unspecified atom stereocenters. The SMILES string of the molecule is CCN(Cc1ccccc1)C(=O)C(C)Sc1nnc(-c2ccc(N(CC)CC)cc2)o1. The van der Waals surface area contributed by atoms with E-state index in [-0.39, 0.29) is 11.2 Å². The fourth-order valence-electron chi connectivity index (χ4n) is 3.39. The maximum Gasteiger partial charge on any atom is 0.277 e. The second kappa shape index (κ2) is 11.0. The van der Waals surface area contributed by atoms with E-state index >= 15 is 0 Å². The van der Waals surface area contributed by atoms with Crippen molar-refractivity contribution in [1.29, 1.82) is 0 Å². The Labute approximate surface area is 188 Å². The van der Waals surface area contributed by atoms with Gasteiger partial charge in [0.05, 0.1) is 5.25 Å². The van der Waals surface area contributed by atoms with Gasteiger partial charge in [-0.3, -0.25) is 4.79 Å². The summed E-state index contributed by atoms with van der Waals surface area (Å²) >= 11 is 1.30. The van der Waals surface area contributed by atoms with Crippen LogP contribution in [0.25, 0.3) is 11.5 Å². The Balaban J connectivity index is 1.63. The number of amides is 1. The van der Waals surface area contributed by atoms with Gasteiger partial charge in [-0.2, -0.15) is 0 Å². The Morgan fingerprint density at radius 3 is 2.26 bits per heavy atom. The molecule has 0 saturated heterocycles. The maximum absolute atomic E-state index is 12.9. The summed E-state index contributed by atoms with van der Waals surface area (Å²) in [5, 5.41) is 8.39. The van der Waals surface area contributed by atoms with E-state index in [9.17, 15) is 4.79 Å². The molecular formula is C24H30N4O2S. The van der Waals surface area contributed by atoms with Gasteiger partial charge in [-0.1, -0.05) is 42.1 Å². The third-order valence-electron chi connectivity index (χ3n) is 5.18. The van der Waals surface area contributed by atoms with Crippen molar-refractivity contribution in [2.45, 2.75) is 44.7 Å². The van der Waals surface area contributed by atoms with Crippen molar-refractivity contribution in [3.63, 3.8) is 0 Å².